The number of carbonyl (C=O) groups excluding carboxylic acids is 2. The number of hydrogen-bond donors (Lipinski definition) is 2. The maximum atomic E-state index is 12.3. The standard InChI is InChI=1S/C18H25NO4/c1-11-6-4-9-16(12(11)2)19-17(21)13(3)23-18(22)14-7-5-8-15(20)10-14/h5,7-8,10-13,16,20H,4,6,9H2,1-3H3,(H,19,21)/t11-,12-,13-,16+/m1/s1. The lowest BCUT2D eigenvalue weighted by Gasteiger charge is -2.35. The van der Waals surface area contributed by atoms with Gasteiger partial charge in [0.1, 0.15) is 5.75 Å². The summed E-state index contributed by atoms with van der Waals surface area (Å²) in [5.74, 6) is 0.0977. The molecule has 1 aromatic carbocycles. The summed E-state index contributed by atoms with van der Waals surface area (Å²) < 4.78 is 5.19. The first-order valence-electron chi connectivity index (χ1n) is 8.19. The first kappa shape index (κ1) is 17.3. The highest BCUT2D eigenvalue weighted by atomic mass is 16.5. The van der Waals surface area contributed by atoms with Crippen molar-refractivity contribution in [1.29, 1.82) is 0 Å². The molecule has 1 aliphatic rings. The maximum absolute atomic E-state index is 12.3. The molecule has 0 unspecified atom stereocenters. The van der Waals surface area contributed by atoms with Crippen molar-refractivity contribution in [2.45, 2.75) is 52.2 Å². The number of hydrogen-bond acceptors (Lipinski definition) is 4. The molecule has 0 aliphatic heterocycles. The highest BCUT2D eigenvalue weighted by Gasteiger charge is 2.30. The molecule has 1 aliphatic carbocycles. The van der Waals surface area contributed by atoms with Gasteiger partial charge in [-0.25, -0.2) is 4.79 Å². The van der Waals surface area contributed by atoms with Crippen LogP contribution in [0.3, 0.4) is 0 Å². The van der Waals surface area contributed by atoms with Crippen molar-refractivity contribution in [2.75, 3.05) is 0 Å². The highest BCUT2D eigenvalue weighted by Crippen LogP contribution is 2.29. The smallest absolute Gasteiger partial charge is 0.339 e. The molecule has 1 amide bonds. The molecule has 1 saturated carbocycles. The van der Waals surface area contributed by atoms with E-state index in [0.29, 0.717) is 11.8 Å². The average molecular weight is 319 g/mol. The van der Waals surface area contributed by atoms with E-state index in [1.165, 1.54) is 24.6 Å². The van der Waals surface area contributed by atoms with E-state index in [0.717, 1.165) is 12.8 Å². The number of benzene rings is 1. The molecule has 0 aromatic heterocycles. The predicted octanol–water partition coefficient (Wildman–Crippen LogP) is 2.88. The second kappa shape index (κ2) is 7.49. The zero-order chi connectivity index (χ0) is 17.0. The molecule has 0 heterocycles. The number of esters is 1. The van der Waals surface area contributed by atoms with Crippen LogP contribution in [0.2, 0.25) is 0 Å². The number of amides is 1. The number of aromatic hydroxyl groups is 1. The molecule has 0 bridgehead atoms. The molecule has 0 spiro atoms. The number of ether oxygens (including phenoxy) is 1. The van der Waals surface area contributed by atoms with Crippen molar-refractivity contribution in [1.82, 2.24) is 5.32 Å². The van der Waals surface area contributed by atoms with Gasteiger partial charge in [-0.05, 0) is 43.4 Å². The van der Waals surface area contributed by atoms with Gasteiger partial charge in [-0.1, -0.05) is 32.8 Å². The van der Waals surface area contributed by atoms with Gasteiger partial charge in [-0.2, -0.15) is 0 Å². The number of phenolic OH excluding ortho intramolecular Hbond substituents is 1. The molecule has 0 saturated heterocycles. The van der Waals surface area contributed by atoms with Gasteiger partial charge >= 0.3 is 5.97 Å². The molecule has 1 aromatic rings. The zero-order valence-electron chi connectivity index (χ0n) is 13.9. The Bertz CT molecular complexity index is 572. The van der Waals surface area contributed by atoms with Crippen LogP contribution in [0, 0.1) is 11.8 Å². The first-order chi connectivity index (χ1) is 10.9. The van der Waals surface area contributed by atoms with E-state index in [4.69, 9.17) is 4.74 Å². The summed E-state index contributed by atoms with van der Waals surface area (Å²) in [7, 11) is 0. The summed E-state index contributed by atoms with van der Waals surface area (Å²) in [4.78, 5) is 24.3. The van der Waals surface area contributed by atoms with E-state index >= 15 is 0 Å². The number of phenols is 1. The van der Waals surface area contributed by atoms with Crippen LogP contribution in [0.5, 0.6) is 5.75 Å². The third kappa shape index (κ3) is 4.47. The normalized spacial score (nSPS) is 25.4. The van der Waals surface area contributed by atoms with E-state index in [2.05, 4.69) is 19.2 Å². The summed E-state index contributed by atoms with van der Waals surface area (Å²) >= 11 is 0. The lowest BCUT2D eigenvalue weighted by Crippen LogP contribution is -2.47. The molecule has 2 rings (SSSR count). The lowest BCUT2D eigenvalue weighted by molar-refractivity contribution is -0.130. The molecule has 23 heavy (non-hydrogen) atoms. The first-order valence-corrected chi connectivity index (χ1v) is 8.19. The minimum absolute atomic E-state index is 0.0124. The average Bonchev–Trinajstić information content (AvgIpc) is 2.51. The second-order valence-electron chi connectivity index (χ2n) is 6.48. The predicted molar refractivity (Wildman–Crippen MR) is 87.1 cm³/mol. The van der Waals surface area contributed by atoms with Gasteiger partial charge in [0.2, 0.25) is 0 Å². The van der Waals surface area contributed by atoms with Gasteiger partial charge in [-0.3, -0.25) is 4.79 Å². The van der Waals surface area contributed by atoms with Crippen LogP contribution < -0.4 is 5.32 Å². The Morgan fingerprint density at radius 1 is 1.30 bits per heavy atom. The molecule has 0 radical (unpaired) electrons. The third-order valence-electron chi connectivity index (χ3n) is 4.77. The van der Waals surface area contributed by atoms with Gasteiger partial charge in [0.05, 0.1) is 5.56 Å². The minimum atomic E-state index is -0.866. The van der Waals surface area contributed by atoms with Crippen LogP contribution >= 0.6 is 0 Å². The van der Waals surface area contributed by atoms with E-state index < -0.39 is 12.1 Å². The molecule has 4 atom stereocenters. The topological polar surface area (TPSA) is 75.6 Å². The Balaban J connectivity index is 1.91. The van der Waals surface area contributed by atoms with Crippen LogP contribution in [0.4, 0.5) is 0 Å². The SMILES string of the molecule is C[C@@H]1[C@H](C)CCC[C@@H]1NC(=O)[C@@H](C)OC(=O)c1cccc(O)c1. The molecular weight excluding hydrogens is 294 g/mol. The maximum Gasteiger partial charge on any atom is 0.339 e. The fraction of sp³-hybridized carbons (Fsp3) is 0.556. The van der Waals surface area contributed by atoms with E-state index in [-0.39, 0.29) is 23.3 Å². The largest absolute Gasteiger partial charge is 0.508 e. The Morgan fingerprint density at radius 2 is 2.04 bits per heavy atom. The van der Waals surface area contributed by atoms with Crippen molar-refractivity contribution >= 4 is 11.9 Å². The molecule has 2 N–H and O–H groups in total. The van der Waals surface area contributed by atoms with Crippen LogP contribution in [-0.4, -0.2) is 29.1 Å². The summed E-state index contributed by atoms with van der Waals surface area (Å²) in [5, 5.41) is 12.4. The van der Waals surface area contributed by atoms with Crippen molar-refractivity contribution in [3.05, 3.63) is 29.8 Å². The Labute approximate surface area is 137 Å². The van der Waals surface area contributed by atoms with Crippen LogP contribution in [0.15, 0.2) is 24.3 Å². The third-order valence-corrected chi connectivity index (χ3v) is 4.77. The second-order valence-corrected chi connectivity index (χ2v) is 6.48. The van der Waals surface area contributed by atoms with Gasteiger partial charge in [0.25, 0.3) is 5.91 Å². The van der Waals surface area contributed by atoms with Gasteiger partial charge in [0.15, 0.2) is 6.10 Å². The minimum Gasteiger partial charge on any atom is -0.508 e. The fourth-order valence-corrected chi connectivity index (χ4v) is 3.00. The molecule has 5 heteroatoms. The zero-order valence-corrected chi connectivity index (χ0v) is 13.9. The van der Waals surface area contributed by atoms with E-state index in [9.17, 15) is 14.7 Å². The van der Waals surface area contributed by atoms with Crippen LogP contribution in [0.1, 0.15) is 50.4 Å². The number of nitrogens with one attached hydrogen (secondary N) is 1. The Kier molecular flexibility index (Phi) is 5.64. The van der Waals surface area contributed by atoms with Crippen LogP contribution in [-0.2, 0) is 9.53 Å². The van der Waals surface area contributed by atoms with Gasteiger partial charge in [-0.15, -0.1) is 0 Å². The van der Waals surface area contributed by atoms with Gasteiger partial charge < -0.3 is 15.2 Å². The molecule has 126 valence electrons. The Hall–Kier alpha value is -2.04. The van der Waals surface area contributed by atoms with Crippen molar-refractivity contribution in [3.63, 3.8) is 0 Å². The summed E-state index contributed by atoms with van der Waals surface area (Å²) in [5.41, 5.74) is 0.226. The molecule has 1 fully saturated rings. The van der Waals surface area contributed by atoms with Crippen molar-refractivity contribution < 1.29 is 19.4 Å². The molecular formula is C18H25NO4. The monoisotopic (exact) mass is 319 g/mol. The van der Waals surface area contributed by atoms with Crippen molar-refractivity contribution in [3.8, 4) is 5.75 Å². The quantitative estimate of drug-likeness (QED) is 0.837. The molecule has 5 nitrogen and oxygen atoms in total. The summed E-state index contributed by atoms with van der Waals surface area (Å²) in [6.45, 7) is 5.92. The number of rotatable bonds is 4. The Morgan fingerprint density at radius 3 is 2.74 bits per heavy atom. The highest BCUT2D eigenvalue weighted by molar-refractivity contribution is 5.92. The number of carbonyl (C=O) groups is 2. The summed E-state index contributed by atoms with van der Waals surface area (Å²) in [6, 6.07) is 6.02. The van der Waals surface area contributed by atoms with E-state index in [1.54, 1.807) is 13.0 Å². The summed E-state index contributed by atoms with van der Waals surface area (Å²) in [6.07, 6.45) is 2.39. The van der Waals surface area contributed by atoms with Crippen LogP contribution in [0.25, 0.3) is 0 Å². The van der Waals surface area contributed by atoms with Gasteiger partial charge in [0, 0.05) is 6.04 Å². The van der Waals surface area contributed by atoms with Crippen molar-refractivity contribution in [2.24, 2.45) is 11.8 Å². The fourth-order valence-electron chi connectivity index (χ4n) is 3.00. The van der Waals surface area contributed by atoms with E-state index in [1.807, 2.05) is 0 Å². The lowest BCUT2D eigenvalue weighted by atomic mass is 9.78.